The van der Waals surface area contributed by atoms with E-state index in [1.807, 2.05) is 0 Å². The van der Waals surface area contributed by atoms with E-state index >= 15 is 0 Å². The average Bonchev–Trinajstić information content (AvgIpc) is 2.93. The maximum atomic E-state index is 13.4. The molecule has 26 heavy (non-hydrogen) atoms. The molecule has 11 heteroatoms. The van der Waals surface area contributed by atoms with Crippen molar-refractivity contribution in [1.82, 2.24) is 14.1 Å². The molecular weight excluding hydrogens is 398 g/mol. The topological polar surface area (TPSA) is 63.5 Å². The maximum Gasteiger partial charge on any atom is 0.408 e. The fourth-order valence-electron chi connectivity index (χ4n) is 2.29. The fourth-order valence-corrected chi connectivity index (χ4v) is 3.68. The molecule has 0 saturated carbocycles. The summed E-state index contributed by atoms with van der Waals surface area (Å²) in [4.78, 5) is 3.47. The molecule has 0 fully saturated rings. The third kappa shape index (κ3) is 3.67. The predicted octanol–water partition coefficient (Wildman–Crippen LogP) is 3.71. The summed E-state index contributed by atoms with van der Waals surface area (Å²) in [6.45, 7) is 0. The van der Waals surface area contributed by atoms with Crippen LogP contribution in [0.25, 0.3) is 5.65 Å². The molecule has 0 amide bonds. The van der Waals surface area contributed by atoms with E-state index in [1.54, 1.807) is 4.72 Å². The van der Waals surface area contributed by atoms with Crippen molar-refractivity contribution in [3.05, 3.63) is 65.3 Å². The van der Waals surface area contributed by atoms with Gasteiger partial charge in [-0.05, 0) is 29.8 Å². The summed E-state index contributed by atoms with van der Waals surface area (Å²) in [7, 11) is -4.56. The van der Waals surface area contributed by atoms with Crippen molar-refractivity contribution >= 4 is 27.3 Å². The van der Waals surface area contributed by atoms with Crippen LogP contribution in [0.5, 0.6) is 0 Å². The predicted molar refractivity (Wildman–Crippen MR) is 85.7 cm³/mol. The number of aromatic nitrogens is 2. The molecule has 0 saturated heterocycles. The number of imidazole rings is 1. The van der Waals surface area contributed by atoms with Crippen LogP contribution < -0.4 is 4.72 Å². The SMILES string of the molecule is O=S(=O)(NC(c1ccc(F)cc1)C(F)(F)F)c1ccc2ncc(Cl)n2c1. The Morgan fingerprint density at radius 2 is 1.77 bits per heavy atom. The summed E-state index contributed by atoms with van der Waals surface area (Å²) in [5, 5.41) is 0.1000. The zero-order chi connectivity index (χ0) is 19.1. The first-order valence-electron chi connectivity index (χ1n) is 7.05. The molecule has 2 heterocycles. The van der Waals surface area contributed by atoms with Gasteiger partial charge in [0, 0.05) is 6.20 Å². The molecule has 0 aliphatic heterocycles. The van der Waals surface area contributed by atoms with Crippen LogP contribution in [0, 0.1) is 5.82 Å². The first-order valence-corrected chi connectivity index (χ1v) is 8.91. The van der Waals surface area contributed by atoms with Crippen LogP contribution in [0.15, 0.2) is 53.7 Å². The van der Waals surface area contributed by atoms with Gasteiger partial charge >= 0.3 is 6.18 Å². The van der Waals surface area contributed by atoms with Crippen molar-refractivity contribution in [2.45, 2.75) is 17.1 Å². The van der Waals surface area contributed by atoms with E-state index in [9.17, 15) is 26.0 Å². The number of alkyl halides is 3. The minimum atomic E-state index is -4.93. The minimum absolute atomic E-state index is 0.1000. The van der Waals surface area contributed by atoms with Gasteiger partial charge in [0.15, 0.2) is 0 Å². The van der Waals surface area contributed by atoms with Crippen molar-refractivity contribution in [3.8, 4) is 0 Å². The quantitative estimate of drug-likeness (QED) is 0.671. The lowest BCUT2D eigenvalue weighted by Gasteiger charge is -2.22. The first kappa shape index (κ1) is 18.6. The number of benzene rings is 1. The number of nitrogens with zero attached hydrogens (tertiary/aromatic N) is 2. The highest BCUT2D eigenvalue weighted by molar-refractivity contribution is 7.89. The Kier molecular flexibility index (Phi) is 4.67. The van der Waals surface area contributed by atoms with Crippen molar-refractivity contribution < 1.29 is 26.0 Å². The third-order valence-corrected chi connectivity index (χ3v) is 5.24. The summed E-state index contributed by atoms with van der Waals surface area (Å²) in [5.41, 5.74) is -0.107. The Morgan fingerprint density at radius 3 is 2.38 bits per heavy atom. The number of hydrogen-bond donors (Lipinski definition) is 1. The Morgan fingerprint density at radius 1 is 1.12 bits per heavy atom. The molecule has 5 nitrogen and oxygen atoms in total. The number of pyridine rings is 1. The van der Waals surface area contributed by atoms with Crippen LogP contribution in [0.4, 0.5) is 17.6 Å². The van der Waals surface area contributed by atoms with Crippen LogP contribution in [0.3, 0.4) is 0 Å². The van der Waals surface area contributed by atoms with Gasteiger partial charge in [-0.25, -0.2) is 17.8 Å². The summed E-state index contributed by atoms with van der Waals surface area (Å²) in [6.07, 6.45) is -2.59. The number of hydrogen-bond acceptors (Lipinski definition) is 3. The highest BCUT2D eigenvalue weighted by atomic mass is 35.5. The van der Waals surface area contributed by atoms with Crippen molar-refractivity contribution in [3.63, 3.8) is 0 Å². The molecule has 0 radical (unpaired) electrons. The molecule has 138 valence electrons. The number of nitrogens with one attached hydrogen (secondary N) is 1. The second-order valence-electron chi connectivity index (χ2n) is 5.32. The lowest BCUT2D eigenvalue weighted by molar-refractivity contribution is -0.153. The van der Waals surface area contributed by atoms with E-state index in [4.69, 9.17) is 11.6 Å². The van der Waals surface area contributed by atoms with Gasteiger partial charge in [-0.3, -0.25) is 4.40 Å². The monoisotopic (exact) mass is 407 g/mol. The summed E-state index contributed by atoms with van der Waals surface area (Å²) >= 11 is 5.85. The Hall–Kier alpha value is -2.17. The number of rotatable bonds is 4. The highest BCUT2D eigenvalue weighted by Crippen LogP contribution is 2.34. The molecule has 0 bridgehead atoms. The summed E-state index contributed by atoms with van der Waals surface area (Å²) < 4.78 is 80.8. The molecule has 0 spiro atoms. The molecule has 2 aromatic heterocycles. The van der Waals surface area contributed by atoms with Crippen LogP contribution in [0.2, 0.25) is 5.15 Å². The number of sulfonamides is 1. The van der Waals surface area contributed by atoms with E-state index in [1.165, 1.54) is 16.7 Å². The van der Waals surface area contributed by atoms with Crippen LogP contribution in [-0.4, -0.2) is 24.0 Å². The summed E-state index contributed by atoms with van der Waals surface area (Å²) in [5.74, 6) is -0.738. The lowest BCUT2D eigenvalue weighted by Crippen LogP contribution is -2.38. The first-order chi connectivity index (χ1) is 12.1. The standard InChI is InChI=1S/C15H10ClF4N3O2S/c16-12-7-21-13-6-5-11(8-23(12)13)26(24,25)22-14(15(18,19)20)9-1-3-10(17)4-2-9/h1-8,14,22H. The molecular formula is C15H10ClF4N3O2S. The molecule has 0 aliphatic carbocycles. The Labute approximate surface area is 150 Å². The molecule has 3 aromatic rings. The van der Waals surface area contributed by atoms with E-state index < -0.39 is 38.5 Å². The van der Waals surface area contributed by atoms with E-state index in [2.05, 4.69) is 4.98 Å². The van der Waals surface area contributed by atoms with Gasteiger partial charge < -0.3 is 0 Å². The zero-order valence-electron chi connectivity index (χ0n) is 12.7. The molecule has 3 rings (SSSR count). The van der Waals surface area contributed by atoms with Gasteiger partial charge in [-0.2, -0.15) is 17.9 Å². The average molecular weight is 408 g/mol. The fraction of sp³-hybridized carbons (Fsp3) is 0.133. The van der Waals surface area contributed by atoms with E-state index in [-0.39, 0.29) is 5.15 Å². The molecule has 1 aromatic carbocycles. The van der Waals surface area contributed by atoms with Crippen molar-refractivity contribution in [1.29, 1.82) is 0 Å². The normalized spacial score (nSPS) is 13.9. The van der Waals surface area contributed by atoms with Crippen molar-refractivity contribution in [2.24, 2.45) is 0 Å². The second-order valence-corrected chi connectivity index (χ2v) is 7.42. The highest BCUT2D eigenvalue weighted by Gasteiger charge is 2.43. The smallest absolute Gasteiger partial charge is 0.289 e. The molecule has 0 aliphatic rings. The van der Waals surface area contributed by atoms with Gasteiger partial charge in [0.2, 0.25) is 10.0 Å². The van der Waals surface area contributed by atoms with Gasteiger partial charge in [0.05, 0.1) is 11.1 Å². The number of halogens is 5. The minimum Gasteiger partial charge on any atom is -0.289 e. The van der Waals surface area contributed by atoms with E-state index in [0.29, 0.717) is 5.65 Å². The maximum absolute atomic E-state index is 13.4. The van der Waals surface area contributed by atoms with Crippen LogP contribution >= 0.6 is 11.6 Å². The van der Waals surface area contributed by atoms with Gasteiger partial charge in [-0.15, -0.1) is 0 Å². The van der Waals surface area contributed by atoms with Crippen LogP contribution in [-0.2, 0) is 10.0 Å². The number of fused-ring (bicyclic) bond motifs is 1. The zero-order valence-corrected chi connectivity index (χ0v) is 14.3. The van der Waals surface area contributed by atoms with Crippen molar-refractivity contribution in [2.75, 3.05) is 0 Å². The van der Waals surface area contributed by atoms with Crippen LogP contribution in [0.1, 0.15) is 11.6 Å². The third-order valence-electron chi connectivity index (χ3n) is 3.55. The Balaban J connectivity index is 2.00. The largest absolute Gasteiger partial charge is 0.408 e. The molecule has 1 atom stereocenters. The van der Waals surface area contributed by atoms with Gasteiger partial charge in [0.1, 0.15) is 22.7 Å². The lowest BCUT2D eigenvalue weighted by atomic mass is 10.1. The van der Waals surface area contributed by atoms with Gasteiger partial charge in [0.25, 0.3) is 0 Å². The second kappa shape index (κ2) is 6.53. The molecule has 1 unspecified atom stereocenters. The van der Waals surface area contributed by atoms with E-state index in [0.717, 1.165) is 36.5 Å². The van der Waals surface area contributed by atoms with Gasteiger partial charge in [-0.1, -0.05) is 23.7 Å². The molecule has 1 N–H and O–H groups in total. The summed E-state index contributed by atoms with van der Waals surface area (Å²) in [6, 6.07) is 3.25. The Bertz CT molecular complexity index is 1050.